The summed E-state index contributed by atoms with van der Waals surface area (Å²) in [4.78, 5) is 16.1. The zero-order chi connectivity index (χ0) is 17.6. The largest absolute Gasteiger partial charge is 0.449 e. The molecule has 4 nitrogen and oxygen atoms in total. The highest BCUT2D eigenvalue weighted by Gasteiger charge is 2.06. The number of aryl methyl sites for hydroxylation is 1. The number of carbonyl (C=O) groups excluding carboxylic acids is 1. The summed E-state index contributed by atoms with van der Waals surface area (Å²) < 4.78 is 10.7. The second-order valence-electron chi connectivity index (χ2n) is 5.18. The number of aromatic nitrogens is 1. The van der Waals surface area contributed by atoms with Crippen molar-refractivity contribution in [3.63, 3.8) is 0 Å². The number of ether oxygens (including phenoxy) is 1. The molecule has 1 aromatic heterocycles. The van der Waals surface area contributed by atoms with Crippen LogP contribution in [0.3, 0.4) is 0 Å². The van der Waals surface area contributed by atoms with E-state index in [0.717, 1.165) is 11.1 Å². The Bertz CT molecular complexity index is 954. The third kappa shape index (κ3) is 4.79. The number of hydrogen-bond donors (Lipinski definition) is 0. The first-order chi connectivity index (χ1) is 12.1. The van der Waals surface area contributed by atoms with E-state index in [1.165, 1.54) is 11.8 Å². The van der Waals surface area contributed by atoms with Crippen molar-refractivity contribution >= 4 is 40.4 Å². The van der Waals surface area contributed by atoms with Crippen LogP contribution < -0.4 is 0 Å². The van der Waals surface area contributed by atoms with Crippen molar-refractivity contribution in [2.75, 3.05) is 12.4 Å². The highest BCUT2D eigenvalue weighted by atomic mass is 35.5. The summed E-state index contributed by atoms with van der Waals surface area (Å²) in [7, 11) is 0. The van der Waals surface area contributed by atoms with E-state index in [1.54, 1.807) is 30.3 Å². The topological polar surface area (TPSA) is 52.3 Å². The highest BCUT2D eigenvalue weighted by Crippen LogP contribution is 2.25. The Kier molecular flexibility index (Phi) is 5.64. The van der Waals surface area contributed by atoms with E-state index >= 15 is 0 Å². The minimum atomic E-state index is -0.377. The fourth-order valence-electron chi connectivity index (χ4n) is 2.02. The van der Waals surface area contributed by atoms with Gasteiger partial charge < -0.3 is 9.15 Å². The van der Waals surface area contributed by atoms with Crippen LogP contribution in [0.5, 0.6) is 0 Å². The van der Waals surface area contributed by atoms with E-state index in [1.807, 2.05) is 19.1 Å². The van der Waals surface area contributed by atoms with Crippen LogP contribution in [0.2, 0.25) is 5.02 Å². The number of oxazole rings is 1. The van der Waals surface area contributed by atoms with Gasteiger partial charge in [-0.3, -0.25) is 0 Å². The first-order valence-corrected chi connectivity index (χ1v) is 8.86. The summed E-state index contributed by atoms with van der Waals surface area (Å²) in [6.07, 6.45) is 0. The lowest BCUT2D eigenvalue weighted by atomic mass is 10.1. The Morgan fingerprint density at radius 1 is 1.24 bits per heavy atom. The van der Waals surface area contributed by atoms with Crippen LogP contribution in [0.25, 0.3) is 11.1 Å². The Morgan fingerprint density at radius 3 is 2.84 bits per heavy atom. The molecule has 6 heteroatoms. The summed E-state index contributed by atoms with van der Waals surface area (Å²) in [6.45, 7) is 2.01. The molecular formula is C19H14ClNO3S. The van der Waals surface area contributed by atoms with Gasteiger partial charge in [0.05, 0.1) is 11.3 Å². The molecule has 126 valence electrons. The molecule has 0 radical (unpaired) electrons. The molecule has 1 heterocycles. The van der Waals surface area contributed by atoms with Gasteiger partial charge in [0.15, 0.2) is 12.2 Å². The SMILES string of the molecule is Cc1ccc(C(=O)OCC#CCSc2nc3cc(Cl)ccc3o2)cc1. The van der Waals surface area contributed by atoms with Gasteiger partial charge in [0, 0.05) is 5.02 Å². The number of benzene rings is 2. The summed E-state index contributed by atoms with van der Waals surface area (Å²) in [5.41, 5.74) is 3.02. The highest BCUT2D eigenvalue weighted by molar-refractivity contribution is 7.99. The molecule has 3 aromatic rings. The maximum absolute atomic E-state index is 11.8. The second kappa shape index (κ2) is 8.11. The van der Waals surface area contributed by atoms with Gasteiger partial charge in [-0.15, -0.1) is 0 Å². The van der Waals surface area contributed by atoms with E-state index in [9.17, 15) is 4.79 Å². The minimum absolute atomic E-state index is 0.0520. The predicted molar refractivity (Wildman–Crippen MR) is 99.0 cm³/mol. The fraction of sp³-hybridized carbons (Fsp3) is 0.158. The monoisotopic (exact) mass is 371 g/mol. The Balaban J connectivity index is 1.46. The van der Waals surface area contributed by atoms with Crippen molar-refractivity contribution in [1.82, 2.24) is 4.98 Å². The molecule has 0 atom stereocenters. The van der Waals surface area contributed by atoms with Crippen LogP contribution in [0.1, 0.15) is 15.9 Å². The average Bonchev–Trinajstić information content (AvgIpc) is 3.00. The van der Waals surface area contributed by atoms with Crippen LogP contribution >= 0.6 is 23.4 Å². The Hall–Kier alpha value is -2.42. The molecule has 0 aliphatic heterocycles. The molecule has 3 rings (SSSR count). The molecule has 0 fully saturated rings. The van der Waals surface area contributed by atoms with E-state index in [-0.39, 0.29) is 12.6 Å². The molecule has 0 unspecified atom stereocenters. The normalized spacial score (nSPS) is 10.3. The average molecular weight is 372 g/mol. The Morgan fingerprint density at radius 2 is 2.04 bits per heavy atom. The summed E-state index contributed by atoms with van der Waals surface area (Å²) in [5.74, 6) is 5.83. The van der Waals surface area contributed by atoms with Crippen molar-refractivity contribution in [1.29, 1.82) is 0 Å². The van der Waals surface area contributed by atoms with Crippen molar-refractivity contribution in [2.24, 2.45) is 0 Å². The molecule has 0 aliphatic rings. The molecule has 25 heavy (non-hydrogen) atoms. The summed E-state index contributed by atoms with van der Waals surface area (Å²) in [6, 6.07) is 12.5. The van der Waals surface area contributed by atoms with Gasteiger partial charge in [-0.2, -0.15) is 0 Å². The lowest BCUT2D eigenvalue weighted by Gasteiger charge is -2.00. The summed E-state index contributed by atoms with van der Waals surface area (Å²) >= 11 is 7.29. The number of carbonyl (C=O) groups is 1. The quantitative estimate of drug-likeness (QED) is 0.376. The van der Waals surface area contributed by atoms with Crippen molar-refractivity contribution < 1.29 is 13.9 Å². The molecule has 2 aromatic carbocycles. The number of esters is 1. The van der Waals surface area contributed by atoms with Crippen LogP contribution in [0.15, 0.2) is 52.1 Å². The Labute approximate surface area is 154 Å². The van der Waals surface area contributed by atoms with Crippen molar-refractivity contribution in [2.45, 2.75) is 12.1 Å². The maximum Gasteiger partial charge on any atom is 0.339 e. The number of halogens is 1. The van der Waals surface area contributed by atoms with Gasteiger partial charge in [0.2, 0.25) is 0 Å². The van der Waals surface area contributed by atoms with Gasteiger partial charge in [-0.1, -0.05) is 52.9 Å². The van der Waals surface area contributed by atoms with Gasteiger partial charge >= 0.3 is 5.97 Å². The second-order valence-corrected chi connectivity index (χ2v) is 6.54. The summed E-state index contributed by atoms with van der Waals surface area (Å²) in [5, 5.41) is 1.15. The molecule has 0 bridgehead atoms. The maximum atomic E-state index is 11.8. The molecule has 0 saturated heterocycles. The lowest BCUT2D eigenvalue weighted by molar-refractivity contribution is 0.0556. The number of rotatable bonds is 4. The van der Waals surface area contributed by atoms with Crippen LogP contribution in [-0.2, 0) is 4.74 Å². The molecule has 0 aliphatic carbocycles. The minimum Gasteiger partial charge on any atom is -0.449 e. The number of thioether (sulfide) groups is 1. The standard InChI is InChI=1S/C19H14ClNO3S/c1-13-4-6-14(7-5-13)18(22)23-10-2-3-11-25-19-21-16-12-15(20)8-9-17(16)24-19/h4-9,12H,10-11H2,1H3. The zero-order valence-corrected chi connectivity index (χ0v) is 15.0. The number of fused-ring (bicyclic) bond motifs is 1. The van der Waals surface area contributed by atoms with Gasteiger partial charge in [-0.05, 0) is 37.3 Å². The van der Waals surface area contributed by atoms with E-state index < -0.39 is 0 Å². The third-order valence-corrected chi connectivity index (χ3v) is 4.23. The lowest BCUT2D eigenvalue weighted by Crippen LogP contribution is -2.05. The fourth-order valence-corrected chi connectivity index (χ4v) is 2.79. The zero-order valence-electron chi connectivity index (χ0n) is 13.4. The number of nitrogens with zero attached hydrogens (tertiary/aromatic N) is 1. The first-order valence-electron chi connectivity index (χ1n) is 7.50. The van der Waals surface area contributed by atoms with Crippen LogP contribution in [0, 0.1) is 18.8 Å². The van der Waals surface area contributed by atoms with Crippen molar-refractivity contribution in [3.8, 4) is 11.8 Å². The van der Waals surface area contributed by atoms with Crippen LogP contribution in [-0.4, -0.2) is 23.3 Å². The first kappa shape index (κ1) is 17.4. The van der Waals surface area contributed by atoms with Gasteiger partial charge in [0.1, 0.15) is 5.52 Å². The van der Waals surface area contributed by atoms with E-state index in [2.05, 4.69) is 16.8 Å². The molecule has 0 saturated carbocycles. The van der Waals surface area contributed by atoms with Crippen molar-refractivity contribution in [3.05, 3.63) is 58.6 Å². The molecule has 0 amide bonds. The molecule has 0 N–H and O–H groups in total. The molecular weight excluding hydrogens is 358 g/mol. The molecule has 0 spiro atoms. The van der Waals surface area contributed by atoms with Crippen LogP contribution in [0.4, 0.5) is 0 Å². The smallest absolute Gasteiger partial charge is 0.339 e. The predicted octanol–water partition coefficient (Wildman–Crippen LogP) is 4.74. The van der Waals surface area contributed by atoms with E-state index in [0.29, 0.717) is 27.1 Å². The van der Waals surface area contributed by atoms with Gasteiger partial charge in [-0.25, -0.2) is 9.78 Å². The number of hydrogen-bond acceptors (Lipinski definition) is 5. The van der Waals surface area contributed by atoms with E-state index in [4.69, 9.17) is 20.8 Å². The third-order valence-electron chi connectivity index (χ3n) is 3.29. The van der Waals surface area contributed by atoms with Gasteiger partial charge in [0.25, 0.3) is 5.22 Å².